The Labute approximate surface area is 139 Å². The minimum absolute atomic E-state index is 0.0297. The van der Waals surface area contributed by atoms with Crippen LogP contribution in [0, 0.1) is 11.7 Å². The molecule has 2 amide bonds. The summed E-state index contributed by atoms with van der Waals surface area (Å²) in [6.07, 6.45) is 4.63. The molecule has 4 N–H and O–H groups in total. The molecule has 1 atom stereocenters. The first-order valence-electron chi connectivity index (χ1n) is 7.49. The molecule has 0 aliphatic heterocycles. The highest BCUT2D eigenvalue weighted by Gasteiger charge is 2.17. The van der Waals surface area contributed by atoms with Crippen molar-refractivity contribution in [3.8, 4) is 5.69 Å². The van der Waals surface area contributed by atoms with Gasteiger partial charge in [0.2, 0.25) is 11.8 Å². The fraction of sp³-hybridized carbons (Fsp3) is 0.312. The Bertz CT molecular complexity index is 715. The van der Waals surface area contributed by atoms with E-state index in [-0.39, 0.29) is 12.5 Å². The van der Waals surface area contributed by atoms with Gasteiger partial charge in [-0.25, -0.2) is 9.37 Å². The molecule has 1 aromatic carbocycles. The number of imidazole rings is 1. The number of nitrogens with two attached hydrogens (primary N) is 1. The van der Waals surface area contributed by atoms with Crippen molar-refractivity contribution >= 4 is 17.5 Å². The Kier molecular flexibility index (Phi) is 5.64. The molecule has 2 rings (SSSR count). The summed E-state index contributed by atoms with van der Waals surface area (Å²) in [5, 5.41) is 4.97. The molecule has 1 heterocycles. The van der Waals surface area contributed by atoms with Gasteiger partial charge in [-0.2, -0.15) is 0 Å². The Morgan fingerprint density at radius 2 is 2.12 bits per heavy atom. The van der Waals surface area contributed by atoms with E-state index in [2.05, 4.69) is 15.6 Å². The molecule has 7 nitrogen and oxygen atoms in total. The highest BCUT2D eigenvalue weighted by Crippen LogP contribution is 2.17. The van der Waals surface area contributed by atoms with Gasteiger partial charge in [0, 0.05) is 18.1 Å². The summed E-state index contributed by atoms with van der Waals surface area (Å²) in [4.78, 5) is 27.4. The summed E-state index contributed by atoms with van der Waals surface area (Å²) in [5.74, 6) is -1.40. The Morgan fingerprint density at radius 1 is 1.38 bits per heavy atom. The zero-order valence-electron chi connectivity index (χ0n) is 13.5. The number of rotatable bonds is 6. The normalized spacial score (nSPS) is 12.0. The molecule has 24 heavy (non-hydrogen) atoms. The van der Waals surface area contributed by atoms with Crippen LogP contribution in [-0.4, -0.2) is 34.0 Å². The number of benzene rings is 1. The second-order valence-electron chi connectivity index (χ2n) is 5.67. The summed E-state index contributed by atoms with van der Waals surface area (Å²) in [6.45, 7) is 3.40. The summed E-state index contributed by atoms with van der Waals surface area (Å²) in [7, 11) is 0. The quantitative estimate of drug-likeness (QED) is 0.735. The second-order valence-corrected chi connectivity index (χ2v) is 5.67. The number of hydrogen-bond donors (Lipinski definition) is 3. The van der Waals surface area contributed by atoms with E-state index < -0.39 is 23.7 Å². The van der Waals surface area contributed by atoms with E-state index in [0.717, 1.165) is 0 Å². The van der Waals surface area contributed by atoms with Gasteiger partial charge in [0.25, 0.3) is 0 Å². The first kappa shape index (κ1) is 17.6. The number of halogens is 1. The van der Waals surface area contributed by atoms with Crippen molar-refractivity contribution in [2.75, 3.05) is 11.9 Å². The summed E-state index contributed by atoms with van der Waals surface area (Å²) < 4.78 is 15.6. The predicted molar refractivity (Wildman–Crippen MR) is 88.0 cm³/mol. The maximum atomic E-state index is 14.1. The average molecular weight is 333 g/mol. The molecule has 0 radical (unpaired) electrons. The molecule has 128 valence electrons. The number of anilines is 1. The van der Waals surface area contributed by atoms with Crippen LogP contribution in [-0.2, 0) is 9.59 Å². The summed E-state index contributed by atoms with van der Waals surface area (Å²) in [5.41, 5.74) is 6.30. The molecule has 0 spiro atoms. The van der Waals surface area contributed by atoms with Crippen molar-refractivity contribution in [2.24, 2.45) is 11.7 Å². The SMILES string of the molecule is CC(C)[C@H](N)C(=O)NCC(=O)Nc1ccc(-n2ccnc2)c(F)c1. The van der Waals surface area contributed by atoms with Gasteiger partial charge in [-0.1, -0.05) is 13.8 Å². The number of nitrogens with zero attached hydrogens (tertiary/aromatic N) is 2. The molecular formula is C16H20FN5O2. The van der Waals surface area contributed by atoms with Crippen molar-refractivity contribution in [3.05, 3.63) is 42.7 Å². The molecule has 2 aromatic rings. The lowest BCUT2D eigenvalue weighted by molar-refractivity contribution is -0.125. The van der Waals surface area contributed by atoms with Gasteiger partial charge in [-0.15, -0.1) is 0 Å². The third-order valence-corrected chi connectivity index (χ3v) is 3.46. The first-order chi connectivity index (χ1) is 11.4. The van der Waals surface area contributed by atoms with Crippen LogP contribution in [0.2, 0.25) is 0 Å². The maximum Gasteiger partial charge on any atom is 0.243 e. The van der Waals surface area contributed by atoms with Gasteiger partial charge in [0.05, 0.1) is 24.6 Å². The predicted octanol–water partition coefficient (Wildman–Crippen LogP) is 1.05. The smallest absolute Gasteiger partial charge is 0.243 e. The van der Waals surface area contributed by atoms with Gasteiger partial charge < -0.3 is 20.9 Å². The third kappa shape index (κ3) is 4.39. The molecule has 1 aromatic heterocycles. The number of carbonyl (C=O) groups excluding carboxylic acids is 2. The van der Waals surface area contributed by atoms with Crippen molar-refractivity contribution in [1.82, 2.24) is 14.9 Å². The molecule has 0 saturated carbocycles. The van der Waals surface area contributed by atoms with Gasteiger partial charge in [-0.05, 0) is 24.1 Å². The standard InChI is InChI=1S/C16H20FN5O2/c1-10(2)15(18)16(24)20-8-14(23)21-11-3-4-13(12(17)7-11)22-6-5-19-9-22/h3-7,9-10,15H,8,18H2,1-2H3,(H,20,24)(H,21,23)/t15-/m0/s1. The lowest BCUT2D eigenvalue weighted by atomic mass is 10.1. The van der Waals surface area contributed by atoms with E-state index in [9.17, 15) is 14.0 Å². The Balaban J connectivity index is 1.93. The van der Waals surface area contributed by atoms with Gasteiger partial charge >= 0.3 is 0 Å². The molecule has 0 aliphatic carbocycles. The van der Waals surface area contributed by atoms with Crippen molar-refractivity contribution in [2.45, 2.75) is 19.9 Å². The van der Waals surface area contributed by atoms with Crippen LogP contribution in [0.15, 0.2) is 36.9 Å². The molecule has 0 aliphatic rings. The van der Waals surface area contributed by atoms with Crippen LogP contribution in [0.3, 0.4) is 0 Å². The fourth-order valence-electron chi connectivity index (χ4n) is 1.99. The van der Waals surface area contributed by atoms with Crippen LogP contribution in [0.4, 0.5) is 10.1 Å². The molecule has 0 bridgehead atoms. The lowest BCUT2D eigenvalue weighted by Gasteiger charge is -2.15. The first-order valence-corrected chi connectivity index (χ1v) is 7.49. The zero-order chi connectivity index (χ0) is 17.7. The van der Waals surface area contributed by atoms with Crippen molar-refractivity contribution in [1.29, 1.82) is 0 Å². The third-order valence-electron chi connectivity index (χ3n) is 3.46. The highest BCUT2D eigenvalue weighted by molar-refractivity contribution is 5.95. The number of carbonyl (C=O) groups is 2. The van der Waals surface area contributed by atoms with E-state index in [4.69, 9.17) is 5.73 Å². The molecule has 8 heteroatoms. The average Bonchev–Trinajstić information content (AvgIpc) is 3.06. The topological polar surface area (TPSA) is 102 Å². The largest absolute Gasteiger partial charge is 0.346 e. The van der Waals surface area contributed by atoms with E-state index in [1.165, 1.54) is 23.0 Å². The van der Waals surface area contributed by atoms with Crippen molar-refractivity contribution in [3.63, 3.8) is 0 Å². The van der Waals surface area contributed by atoms with E-state index >= 15 is 0 Å². The van der Waals surface area contributed by atoms with Crippen LogP contribution < -0.4 is 16.4 Å². The minimum Gasteiger partial charge on any atom is -0.346 e. The lowest BCUT2D eigenvalue weighted by Crippen LogP contribution is -2.46. The number of aromatic nitrogens is 2. The van der Waals surface area contributed by atoms with E-state index in [1.807, 2.05) is 13.8 Å². The van der Waals surface area contributed by atoms with Crippen molar-refractivity contribution < 1.29 is 14.0 Å². The van der Waals surface area contributed by atoms with Gasteiger partial charge in [-0.3, -0.25) is 9.59 Å². The number of nitrogens with one attached hydrogen (secondary N) is 2. The summed E-state index contributed by atoms with van der Waals surface area (Å²) in [6, 6.07) is 3.62. The molecular weight excluding hydrogens is 313 g/mol. The number of hydrogen-bond acceptors (Lipinski definition) is 4. The maximum absolute atomic E-state index is 14.1. The minimum atomic E-state index is -0.676. The van der Waals surface area contributed by atoms with Crippen LogP contribution in [0.1, 0.15) is 13.8 Å². The van der Waals surface area contributed by atoms with E-state index in [0.29, 0.717) is 11.4 Å². The zero-order valence-corrected chi connectivity index (χ0v) is 13.5. The molecule has 0 saturated heterocycles. The monoisotopic (exact) mass is 333 g/mol. The summed E-state index contributed by atoms with van der Waals surface area (Å²) >= 11 is 0. The van der Waals surface area contributed by atoms with Crippen LogP contribution in [0.25, 0.3) is 5.69 Å². The molecule has 0 fully saturated rings. The fourth-order valence-corrected chi connectivity index (χ4v) is 1.99. The highest BCUT2D eigenvalue weighted by atomic mass is 19.1. The molecule has 0 unspecified atom stereocenters. The number of amides is 2. The Hall–Kier alpha value is -2.74. The van der Waals surface area contributed by atoms with Gasteiger partial charge in [0.15, 0.2) is 0 Å². The van der Waals surface area contributed by atoms with Crippen LogP contribution >= 0.6 is 0 Å². The van der Waals surface area contributed by atoms with Gasteiger partial charge in [0.1, 0.15) is 5.82 Å². The van der Waals surface area contributed by atoms with Crippen LogP contribution in [0.5, 0.6) is 0 Å². The second kappa shape index (κ2) is 7.69. The van der Waals surface area contributed by atoms with E-state index in [1.54, 1.807) is 18.5 Å². The Morgan fingerprint density at radius 3 is 2.71 bits per heavy atom.